The largest absolute Gasteiger partial charge is 0.397 e. The topological polar surface area (TPSA) is 268 Å². The highest BCUT2D eigenvalue weighted by atomic mass is 32.2. The lowest BCUT2D eigenvalue weighted by Crippen LogP contribution is -2.28. The van der Waals surface area contributed by atoms with Crippen LogP contribution in [0.1, 0.15) is 15.9 Å². The summed E-state index contributed by atoms with van der Waals surface area (Å²) in [4.78, 5) is 23.1. The molecule has 0 saturated heterocycles. The Balaban J connectivity index is 1.51. The summed E-state index contributed by atoms with van der Waals surface area (Å²) in [7, 11) is -10.1. The van der Waals surface area contributed by atoms with Crippen LogP contribution in [0.2, 0.25) is 0 Å². The number of nitrogens with one attached hydrogen (secondary N) is 2. The zero-order chi connectivity index (χ0) is 33.2. The predicted octanol–water partition coefficient (Wildman–Crippen LogP) is 3.57. The van der Waals surface area contributed by atoms with Crippen molar-refractivity contribution >= 4 is 77.7 Å². The van der Waals surface area contributed by atoms with Crippen molar-refractivity contribution in [3.05, 3.63) is 101 Å². The molecule has 0 aliphatic heterocycles. The van der Waals surface area contributed by atoms with Crippen molar-refractivity contribution < 1.29 is 35.5 Å². The quantitative estimate of drug-likeness (QED) is 0.0664. The van der Waals surface area contributed by atoms with E-state index in [1.165, 1.54) is 30.4 Å². The van der Waals surface area contributed by atoms with E-state index in [-0.39, 0.29) is 22.7 Å². The van der Waals surface area contributed by atoms with Crippen molar-refractivity contribution in [1.29, 1.82) is 0 Å². The van der Waals surface area contributed by atoms with Crippen molar-refractivity contribution in [3.8, 4) is 0 Å². The number of Topliss-reactive ketones (excluding diaryl/α,β-unsaturated/α-hetero) is 1. The summed E-state index contributed by atoms with van der Waals surface area (Å²) in [6, 6.07) is 15.0. The van der Waals surface area contributed by atoms with E-state index in [1.54, 1.807) is 42.5 Å². The van der Waals surface area contributed by atoms with Gasteiger partial charge in [-0.25, -0.2) is 0 Å². The molecular weight excluding hydrogens is 640 g/mol. The van der Waals surface area contributed by atoms with Crippen LogP contribution in [0.3, 0.4) is 0 Å². The molecule has 5 rings (SSSR count). The summed E-state index contributed by atoms with van der Waals surface area (Å²) in [5.74, 6) is -1.35. The fraction of sp³-hybridized carbons (Fsp3) is 0. The molecule has 46 heavy (non-hydrogen) atoms. The van der Waals surface area contributed by atoms with Crippen molar-refractivity contribution in [2.45, 2.75) is 4.90 Å². The Morgan fingerprint density at radius 2 is 1.39 bits per heavy atom. The number of nitrogen functional groups attached to an aromatic ring is 1. The van der Waals surface area contributed by atoms with E-state index in [1.807, 2.05) is 0 Å². The van der Waals surface area contributed by atoms with Gasteiger partial charge in [-0.15, -0.1) is 5.11 Å². The first kappa shape index (κ1) is 31.6. The number of carbonyl (C=O) groups is 2. The molecule has 16 nitrogen and oxygen atoms in total. The number of fused-ring (bicyclic) bond motifs is 1. The van der Waals surface area contributed by atoms with Crippen LogP contribution < -0.4 is 22.3 Å². The maximum absolute atomic E-state index is 13.6. The lowest BCUT2D eigenvalue weighted by atomic mass is 9.92. The van der Waals surface area contributed by atoms with Crippen LogP contribution in [-0.2, 0) is 25.0 Å². The maximum atomic E-state index is 13.6. The second-order valence-corrected chi connectivity index (χ2v) is 12.3. The highest BCUT2D eigenvalue weighted by molar-refractivity contribution is 7.91. The monoisotopic (exact) mass is 662 g/mol. The summed E-state index contributed by atoms with van der Waals surface area (Å²) in [5.41, 5.74) is 16.2. The Labute approximate surface area is 261 Å². The van der Waals surface area contributed by atoms with Crippen LogP contribution >= 0.6 is 0 Å². The van der Waals surface area contributed by atoms with Crippen molar-refractivity contribution in [1.82, 2.24) is 0 Å². The Morgan fingerprint density at radius 3 is 2.02 bits per heavy atom. The Morgan fingerprint density at radius 1 is 0.739 bits per heavy atom. The number of benzene rings is 3. The Kier molecular flexibility index (Phi) is 8.44. The second-order valence-electron chi connectivity index (χ2n) is 9.52. The van der Waals surface area contributed by atoms with Gasteiger partial charge in [-0.1, -0.05) is 18.2 Å². The van der Waals surface area contributed by atoms with Gasteiger partial charge in [0.25, 0.3) is 20.2 Å². The first-order valence-corrected chi connectivity index (χ1v) is 15.7. The smallest absolute Gasteiger partial charge is 0.296 e. The molecule has 3 aromatic rings. The highest BCUT2D eigenvalue weighted by Gasteiger charge is 2.37. The number of hydrogen-bond acceptors (Lipinski definition) is 14. The summed E-state index contributed by atoms with van der Waals surface area (Å²) >= 11 is 0. The van der Waals surface area contributed by atoms with Gasteiger partial charge in [0.15, 0.2) is 11.5 Å². The molecule has 18 heteroatoms. The normalized spacial score (nSPS) is 16.8. The van der Waals surface area contributed by atoms with Crippen LogP contribution in [-0.4, -0.2) is 48.9 Å². The summed E-state index contributed by atoms with van der Waals surface area (Å²) in [5, 5.41) is 15.8. The maximum Gasteiger partial charge on any atom is 0.296 e. The van der Waals surface area contributed by atoms with Gasteiger partial charge >= 0.3 is 0 Å². The van der Waals surface area contributed by atoms with Crippen LogP contribution in [0, 0.1) is 0 Å². The molecule has 0 amide bonds. The fourth-order valence-corrected chi connectivity index (χ4v) is 5.53. The number of nitrogens with zero attached hydrogens (tertiary/aromatic N) is 4. The third-order valence-electron chi connectivity index (χ3n) is 6.36. The number of para-hydroxylation sites is 1. The molecule has 0 spiro atoms. The third-order valence-corrected chi connectivity index (χ3v) is 8.09. The minimum Gasteiger partial charge on any atom is -0.397 e. The molecule has 0 heterocycles. The molecule has 0 radical (unpaired) electrons. The number of carbonyl (C=O) groups excluding carboxylic acids is 2. The van der Waals surface area contributed by atoms with Gasteiger partial charge in [0, 0.05) is 6.08 Å². The van der Waals surface area contributed by atoms with Crippen LogP contribution in [0.15, 0.2) is 115 Å². The van der Waals surface area contributed by atoms with E-state index in [9.17, 15) is 35.5 Å². The second kappa shape index (κ2) is 12.3. The van der Waals surface area contributed by atoms with Gasteiger partial charge in [0.05, 0.1) is 34.0 Å². The minimum atomic E-state index is -5.06. The van der Waals surface area contributed by atoms with Crippen molar-refractivity contribution in [2.75, 3.05) is 16.6 Å². The van der Waals surface area contributed by atoms with Crippen molar-refractivity contribution in [3.63, 3.8) is 0 Å². The van der Waals surface area contributed by atoms with Gasteiger partial charge in [0.2, 0.25) is 5.78 Å². The molecule has 0 atom stereocenters. The molecule has 2 aliphatic carbocycles. The summed E-state index contributed by atoms with van der Waals surface area (Å²) in [6.07, 6.45) is 4.77. The minimum absolute atomic E-state index is 0.178. The predicted molar refractivity (Wildman–Crippen MR) is 170 cm³/mol. The van der Waals surface area contributed by atoms with E-state index >= 15 is 0 Å². The van der Waals surface area contributed by atoms with Crippen LogP contribution in [0.25, 0.3) is 6.08 Å². The SMILES string of the molecule is NC1=CC(=O)C=C/C1=N\Nc1ccc(N=Nc2c(S(=O)(=O)O)cc3c(c2N)C(=O)/C(=N/Nc2ccccc2)C(S(=O)(=O)O)=C3)cc1. The Bertz CT molecular complexity index is 2190. The molecule has 0 bridgehead atoms. The molecule has 0 saturated carbocycles. The number of allylic oxidation sites excluding steroid dienone is 4. The average Bonchev–Trinajstić information content (AvgIpc) is 2.99. The molecular formula is C28H22N8O8S2. The van der Waals surface area contributed by atoms with E-state index in [0.717, 1.165) is 12.1 Å². The first-order chi connectivity index (χ1) is 21.7. The number of azo groups is 1. The molecule has 234 valence electrons. The summed E-state index contributed by atoms with van der Waals surface area (Å²) < 4.78 is 68.8. The van der Waals surface area contributed by atoms with Gasteiger partial charge in [-0.2, -0.15) is 32.2 Å². The van der Waals surface area contributed by atoms with Gasteiger partial charge in [0.1, 0.15) is 21.2 Å². The lowest BCUT2D eigenvalue weighted by Gasteiger charge is -2.20. The molecule has 2 aliphatic rings. The van der Waals surface area contributed by atoms with Gasteiger partial charge in [-0.05, 0) is 66.3 Å². The van der Waals surface area contributed by atoms with E-state index in [0.29, 0.717) is 17.1 Å². The number of ketones is 2. The van der Waals surface area contributed by atoms with Crippen molar-refractivity contribution in [2.24, 2.45) is 26.2 Å². The van der Waals surface area contributed by atoms with Gasteiger partial charge in [-0.3, -0.25) is 29.5 Å². The number of hydrazone groups is 2. The van der Waals surface area contributed by atoms with Crippen LogP contribution in [0.5, 0.6) is 0 Å². The molecule has 0 unspecified atom stereocenters. The number of nitrogens with two attached hydrogens (primary N) is 2. The zero-order valence-electron chi connectivity index (χ0n) is 23.2. The van der Waals surface area contributed by atoms with E-state index in [4.69, 9.17) is 11.5 Å². The molecule has 3 aromatic carbocycles. The Hall–Kier alpha value is -5.82. The third kappa shape index (κ3) is 6.79. The molecule has 0 aromatic heterocycles. The molecule has 8 N–H and O–H groups in total. The molecule has 0 fully saturated rings. The lowest BCUT2D eigenvalue weighted by molar-refractivity contribution is -0.110. The highest BCUT2D eigenvalue weighted by Crippen LogP contribution is 2.40. The average molecular weight is 663 g/mol. The van der Waals surface area contributed by atoms with Crippen LogP contribution in [0.4, 0.5) is 28.4 Å². The number of anilines is 3. The van der Waals surface area contributed by atoms with E-state index in [2.05, 4.69) is 31.3 Å². The summed E-state index contributed by atoms with van der Waals surface area (Å²) in [6.45, 7) is 0. The zero-order valence-corrected chi connectivity index (χ0v) is 24.8. The number of rotatable bonds is 8. The standard InChI is InChI=1S/C28H22N8O8S2/c29-20-14-19(37)10-11-21(20)34-31-17-6-8-18(9-7-17)33-35-26-22(45(39,40)41)12-15-13-23(46(42,43)44)27(28(38)24(15)25(26)30)36-32-16-4-2-1-3-5-16/h1-14,31-32H,29-30H2,(H,39,40,41)(H,42,43,44)/b34-21+,35-33?,36-27+. The number of hydrogen-bond donors (Lipinski definition) is 6. The fourth-order valence-electron chi connectivity index (χ4n) is 4.20. The van der Waals surface area contributed by atoms with Gasteiger partial charge < -0.3 is 11.5 Å². The first-order valence-electron chi connectivity index (χ1n) is 12.8. The van der Waals surface area contributed by atoms with E-state index < -0.39 is 58.5 Å².